The largest absolute Gasteiger partial charge is 0.339 e. The van der Waals surface area contributed by atoms with Gasteiger partial charge in [-0.1, -0.05) is 27.7 Å². The molecule has 1 aliphatic rings. The van der Waals surface area contributed by atoms with Gasteiger partial charge in [-0.15, -0.1) is 0 Å². The Morgan fingerprint density at radius 1 is 0.941 bits per heavy atom. The van der Waals surface area contributed by atoms with Crippen LogP contribution in [0.5, 0.6) is 0 Å². The Morgan fingerprint density at radius 2 is 1.35 bits per heavy atom. The second-order valence-corrected chi connectivity index (χ2v) is 5.85. The fourth-order valence-electron chi connectivity index (χ4n) is 1.99. The average Bonchev–Trinajstić information content (AvgIpc) is 2.26. The summed E-state index contributed by atoms with van der Waals surface area (Å²) in [4.78, 5) is 27.2. The summed E-state index contributed by atoms with van der Waals surface area (Å²) in [6, 6.07) is 0. The number of hydrogen-bond acceptors (Lipinski definition) is 2. The van der Waals surface area contributed by atoms with Gasteiger partial charge in [-0.2, -0.15) is 0 Å². The molecule has 0 radical (unpaired) electrons. The maximum absolute atomic E-state index is 12.0. The molecule has 1 heterocycles. The summed E-state index contributed by atoms with van der Waals surface area (Å²) < 4.78 is 0. The lowest BCUT2D eigenvalue weighted by molar-refractivity contribution is -0.140. The first-order valence-electron chi connectivity index (χ1n) is 6.39. The zero-order valence-electron chi connectivity index (χ0n) is 11.5. The van der Waals surface area contributed by atoms with Crippen molar-refractivity contribution in [2.75, 3.05) is 26.2 Å². The lowest BCUT2D eigenvalue weighted by Crippen LogP contribution is -2.50. The normalized spacial score (nSPS) is 17.2. The first-order valence-corrected chi connectivity index (χ1v) is 6.39. The topological polar surface area (TPSA) is 40.6 Å². The maximum atomic E-state index is 12.0. The third kappa shape index (κ3) is 4.36. The summed E-state index contributed by atoms with van der Waals surface area (Å²) in [5.41, 5.74) is 0.0352. The van der Waals surface area contributed by atoms with Crippen molar-refractivity contribution in [1.82, 2.24) is 9.80 Å². The molecular formula is C13H24N2O2. The van der Waals surface area contributed by atoms with Crippen LogP contribution in [0, 0.1) is 5.41 Å². The molecule has 0 aromatic carbocycles. The van der Waals surface area contributed by atoms with E-state index in [0.29, 0.717) is 39.0 Å². The predicted molar refractivity (Wildman–Crippen MR) is 67.5 cm³/mol. The molecule has 4 nitrogen and oxygen atoms in total. The van der Waals surface area contributed by atoms with Crippen molar-refractivity contribution in [2.45, 2.75) is 40.5 Å². The fraction of sp³-hybridized carbons (Fsp3) is 0.846. The Balaban J connectivity index is 2.42. The Kier molecular flexibility index (Phi) is 4.54. The molecule has 98 valence electrons. The second-order valence-electron chi connectivity index (χ2n) is 5.85. The zero-order valence-corrected chi connectivity index (χ0v) is 11.5. The summed E-state index contributed by atoms with van der Waals surface area (Å²) in [6.07, 6.45) is 1.13. The number of piperazine rings is 1. The van der Waals surface area contributed by atoms with Gasteiger partial charge in [0, 0.05) is 39.0 Å². The SMILES string of the molecule is CCC(=O)N1CCN(C(=O)CC(C)(C)C)CC1. The van der Waals surface area contributed by atoms with E-state index in [1.54, 1.807) is 0 Å². The van der Waals surface area contributed by atoms with E-state index in [0.717, 1.165) is 0 Å². The van der Waals surface area contributed by atoms with Crippen molar-refractivity contribution in [3.8, 4) is 0 Å². The first kappa shape index (κ1) is 14.0. The third-order valence-corrected chi connectivity index (χ3v) is 2.97. The first-order chi connectivity index (χ1) is 7.83. The predicted octanol–water partition coefficient (Wildman–Crippen LogP) is 1.50. The summed E-state index contributed by atoms with van der Waals surface area (Å²) in [5.74, 6) is 0.397. The molecule has 1 rings (SSSR count). The van der Waals surface area contributed by atoms with Crippen LogP contribution in [-0.2, 0) is 9.59 Å². The highest BCUT2D eigenvalue weighted by Gasteiger charge is 2.25. The number of rotatable bonds is 2. The third-order valence-electron chi connectivity index (χ3n) is 2.97. The number of carbonyl (C=O) groups excluding carboxylic acids is 2. The second kappa shape index (κ2) is 5.52. The van der Waals surface area contributed by atoms with Gasteiger partial charge in [-0.3, -0.25) is 9.59 Å². The van der Waals surface area contributed by atoms with E-state index in [-0.39, 0.29) is 17.2 Å². The van der Waals surface area contributed by atoms with Crippen LogP contribution < -0.4 is 0 Å². The van der Waals surface area contributed by atoms with Crippen LogP contribution >= 0.6 is 0 Å². The average molecular weight is 240 g/mol. The molecule has 1 saturated heterocycles. The summed E-state index contributed by atoms with van der Waals surface area (Å²) in [7, 11) is 0. The van der Waals surface area contributed by atoms with E-state index in [4.69, 9.17) is 0 Å². The van der Waals surface area contributed by atoms with Crippen LogP contribution in [-0.4, -0.2) is 47.8 Å². The van der Waals surface area contributed by atoms with Gasteiger partial charge in [0.1, 0.15) is 0 Å². The molecule has 1 fully saturated rings. The zero-order chi connectivity index (χ0) is 13.1. The minimum Gasteiger partial charge on any atom is -0.339 e. The highest BCUT2D eigenvalue weighted by atomic mass is 16.2. The molecule has 17 heavy (non-hydrogen) atoms. The van der Waals surface area contributed by atoms with Gasteiger partial charge >= 0.3 is 0 Å². The van der Waals surface area contributed by atoms with Crippen molar-refractivity contribution in [3.05, 3.63) is 0 Å². The van der Waals surface area contributed by atoms with Crippen molar-refractivity contribution in [2.24, 2.45) is 5.41 Å². The molecule has 0 aromatic heterocycles. The van der Waals surface area contributed by atoms with Gasteiger partial charge in [0.2, 0.25) is 11.8 Å². The van der Waals surface area contributed by atoms with Crippen molar-refractivity contribution >= 4 is 11.8 Å². The Labute approximate surface area is 104 Å². The van der Waals surface area contributed by atoms with Gasteiger partial charge in [0.15, 0.2) is 0 Å². The van der Waals surface area contributed by atoms with E-state index < -0.39 is 0 Å². The molecule has 0 N–H and O–H groups in total. The van der Waals surface area contributed by atoms with Crippen LogP contribution in [0.3, 0.4) is 0 Å². The molecule has 0 unspecified atom stereocenters. The van der Waals surface area contributed by atoms with E-state index >= 15 is 0 Å². The standard InChI is InChI=1S/C13H24N2O2/c1-5-11(16)14-6-8-15(9-7-14)12(17)10-13(2,3)4/h5-10H2,1-4H3. The van der Waals surface area contributed by atoms with Gasteiger partial charge < -0.3 is 9.80 Å². The fourth-order valence-corrected chi connectivity index (χ4v) is 1.99. The van der Waals surface area contributed by atoms with Gasteiger partial charge in [0.05, 0.1) is 0 Å². The maximum Gasteiger partial charge on any atom is 0.223 e. The van der Waals surface area contributed by atoms with Crippen LogP contribution in [0.4, 0.5) is 0 Å². The molecule has 2 amide bonds. The summed E-state index contributed by atoms with van der Waals surface area (Å²) in [5, 5.41) is 0. The van der Waals surface area contributed by atoms with Crippen LogP contribution in [0.2, 0.25) is 0 Å². The van der Waals surface area contributed by atoms with Crippen molar-refractivity contribution in [1.29, 1.82) is 0 Å². The smallest absolute Gasteiger partial charge is 0.223 e. The van der Waals surface area contributed by atoms with E-state index in [1.807, 2.05) is 16.7 Å². The lowest BCUT2D eigenvalue weighted by atomic mass is 9.91. The molecule has 0 saturated carbocycles. The molecule has 4 heteroatoms. The molecule has 0 aromatic rings. The highest BCUT2D eigenvalue weighted by molar-refractivity contribution is 5.78. The van der Waals surface area contributed by atoms with Crippen molar-refractivity contribution in [3.63, 3.8) is 0 Å². The molecule has 1 aliphatic heterocycles. The van der Waals surface area contributed by atoms with Gasteiger partial charge in [-0.05, 0) is 5.41 Å². The number of hydrogen-bond donors (Lipinski definition) is 0. The lowest BCUT2D eigenvalue weighted by Gasteiger charge is -2.35. The Bertz CT molecular complexity index is 286. The van der Waals surface area contributed by atoms with E-state index in [1.165, 1.54) is 0 Å². The molecule has 0 spiro atoms. The Hall–Kier alpha value is -1.06. The van der Waals surface area contributed by atoms with E-state index in [9.17, 15) is 9.59 Å². The minimum atomic E-state index is 0.0352. The molecule has 0 aliphatic carbocycles. The van der Waals surface area contributed by atoms with Crippen molar-refractivity contribution < 1.29 is 9.59 Å². The quantitative estimate of drug-likeness (QED) is 0.734. The summed E-state index contributed by atoms with van der Waals surface area (Å²) >= 11 is 0. The van der Waals surface area contributed by atoms with Crippen LogP contribution in [0.25, 0.3) is 0 Å². The van der Waals surface area contributed by atoms with Gasteiger partial charge in [-0.25, -0.2) is 0 Å². The molecule has 0 atom stereocenters. The monoisotopic (exact) mass is 240 g/mol. The summed E-state index contributed by atoms with van der Waals surface area (Å²) in [6.45, 7) is 10.8. The highest BCUT2D eigenvalue weighted by Crippen LogP contribution is 2.20. The van der Waals surface area contributed by atoms with E-state index in [2.05, 4.69) is 20.8 Å². The Morgan fingerprint density at radius 3 is 1.71 bits per heavy atom. The number of nitrogens with zero attached hydrogens (tertiary/aromatic N) is 2. The van der Waals surface area contributed by atoms with Crippen LogP contribution in [0.15, 0.2) is 0 Å². The van der Waals surface area contributed by atoms with Crippen LogP contribution in [0.1, 0.15) is 40.5 Å². The minimum absolute atomic E-state index is 0.0352. The van der Waals surface area contributed by atoms with Gasteiger partial charge in [0.25, 0.3) is 0 Å². The number of carbonyl (C=O) groups is 2. The molecule has 0 bridgehead atoms. The number of amides is 2. The molecular weight excluding hydrogens is 216 g/mol.